The van der Waals surface area contributed by atoms with Crippen molar-refractivity contribution in [3.05, 3.63) is 34.3 Å². The topological polar surface area (TPSA) is 59.4 Å². The molecule has 1 aliphatic carbocycles. The van der Waals surface area contributed by atoms with Gasteiger partial charge in [-0.05, 0) is 43.6 Å². The van der Waals surface area contributed by atoms with E-state index in [1.165, 1.54) is 19.8 Å². The number of ether oxygens (including phenoxy) is 2. The maximum Gasteiger partial charge on any atom is 0.227 e. The summed E-state index contributed by atoms with van der Waals surface area (Å²) in [5.74, 6) is 0.758. The van der Waals surface area contributed by atoms with Crippen LogP contribution < -0.4 is 0 Å². The summed E-state index contributed by atoms with van der Waals surface area (Å²) in [5.41, 5.74) is 2.55. The second kappa shape index (κ2) is 7.82. The Bertz CT molecular complexity index is 619. The molecule has 0 aromatic rings. The fourth-order valence-corrected chi connectivity index (χ4v) is 3.29. The number of allylic oxidation sites excluding steroid dienone is 4. The maximum atomic E-state index is 12.6. The zero-order valence-corrected chi connectivity index (χ0v) is 16.3. The molecular weight excluding hydrogens is 302 g/mol. The lowest BCUT2D eigenvalue weighted by Crippen LogP contribution is -2.31. The number of rotatable bonds is 7. The van der Waals surface area contributed by atoms with E-state index in [0.717, 1.165) is 18.4 Å². The van der Waals surface area contributed by atoms with Gasteiger partial charge in [-0.2, -0.15) is 0 Å². The van der Waals surface area contributed by atoms with Crippen molar-refractivity contribution in [3.63, 3.8) is 0 Å². The highest BCUT2D eigenvalue weighted by Gasteiger charge is 2.38. The van der Waals surface area contributed by atoms with E-state index < -0.39 is 0 Å². The number of methoxy groups -OCH3 is 2. The van der Waals surface area contributed by atoms with Gasteiger partial charge in [0.25, 0.3) is 0 Å². The number of carbonyl (C=O) groups is 1. The molecule has 0 heterocycles. The van der Waals surface area contributed by atoms with Crippen LogP contribution in [0.5, 0.6) is 0 Å². The standard InChI is InChI=1S/C20H31NO3/c1-12(2)11-13(3)9-10-20(5,6)15-14(4)17(22)19(24-8)18(23-7)16(15)21/h9,12,21H,10-11H2,1-8H3. The molecule has 0 bridgehead atoms. The van der Waals surface area contributed by atoms with Gasteiger partial charge < -0.3 is 9.47 Å². The molecule has 1 N–H and O–H groups in total. The molecule has 0 spiro atoms. The molecule has 4 heteroatoms. The number of nitrogens with one attached hydrogen (secondary N) is 1. The lowest BCUT2D eigenvalue weighted by atomic mass is 9.73. The highest BCUT2D eigenvalue weighted by Crippen LogP contribution is 2.40. The number of hydrogen-bond donors (Lipinski definition) is 1. The first-order valence-corrected chi connectivity index (χ1v) is 8.40. The normalized spacial score (nSPS) is 17.1. The second-order valence-electron chi connectivity index (χ2n) is 7.51. The van der Waals surface area contributed by atoms with Crippen LogP contribution in [0.4, 0.5) is 0 Å². The Morgan fingerprint density at radius 1 is 1.21 bits per heavy atom. The third-order valence-electron chi connectivity index (χ3n) is 4.38. The molecule has 1 aliphatic rings. The average Bonchev–Trinajstić information content (AvgIpc) is 2.48. The Morgan fingerprint density at radius 3 is 2.21 bits per heavy atom. The molecule has 0 aromatic heterocycles. The molecule has 134 valence electrons. The number of carbonyl (C=O) groups excluding carboxylic acids is 1. The molecule has 0 fully saturated rings. The minimum absolute atomic E-state index is 0.117. The first kappa shape index (κ1) is 20.2. The summed E-state index contributed by atoms with van der Waals surface area (Å²) in [4.78, 5) is 12.6. The first-order valence-electron chi connectivity index (χ1n) is 8.40. The molecule has 0 radical (unpaired) electrons. The fraction of sp³-hybridized carbons (Fsp3) is 0.600. The lowest BCUT2D eigenvalue weighted by Gasteiger charge is -2.33. The quantitative estimate of drug-likeness (QED) is 0.537. The minimum atomic E-state index is -0.335. The van der Waals surface area contributed by atoms with E-state index in [0.29, 0.717) is 11.5 Å². The van der Waals surface area contributed by atoms with Crippen molar-refractivity contribution in [1.82, 2.24) is 0 Å². The lowest BCUT2D eigenvalue weighted by molar-refractivity contribution is -0.115. The second-order valence-corrected chi connectivity index (χ2v) is 7.51. The fourth-order valence-electron chi connectivity index (χ4n) is 3.29. The Labute approximate surface area is 146 Å². The van der Waals surface area contributed by atoms with Crippen LogP contribution in [0.25, 0.3) is 0 Å². The van der Waals surface area contributed by atoms with Crippen molar-refractivity contribution in [2.75, 3.05) is 14.2 Å². The smallest absolute Gasteiger partial charge is 0.227 e. The van der Waals surface area contributed by atoms with Gasteiger partial charge in [-0.25, -0.2) is 0 Å². The van der Waals surface area contributed by atoms with Gasteiger partial charge in [0.2, 0.25) is 11.5 Å². The van der Waals surface area contributed by atoms with Crippen LogP contribution in [0.3, 0.4) is 0 Å². The Balaban J connectivity index is 3.21. The van der Waals surface area contributed by atoms with E-state index in [1.807, 2.05) is 0 Å². The summed E-state index contributed by atoms with van der Waals surface area (Å²) >= 11 is 0. The molecule has 0 amide bonds. The monoisotopic (exact) mass is 333 g/mol. The number of ketones is 1. The van der Waals surface area contributed by atoms with E-state index in [4.69, 9.17) is 14.9 Å². The van der Waals surface area contributed by atoms with Crippen LogP contribution in [-0.4, -0.2) is 25.7 Å². The van der Waals surface area contributed by atoms with Crippen molar-refractivity contribution in [3.8, 4) is 0 Å². The van der Waals surface area contributed by atoms with E-state index in [-0.39, 0.29) is 28.4 Å². The van der Waals surface area contributed by atoms with E-state index in [2.05, 4.69) is 40.7 Å². The molecule has 0 aliphatic heterocycles. The van der Waals surface area contributed by atoms with Gasteiger partial charge in [-0.1, -0.05) is 39.3 Å². The van der Waals surface area contributed by atoms with Gasteiger partial charge in [0.15, 0.2) is 5.76 Å². The van der Waals surface area contributed by atoms with Gasteiger partial charge in [0, 0.05) is 5.57 Å². The van der Waals surface area contributed by atoms with Gasteiger partial charge in [-0.3, -0.25) is 10.2 Å². The van der Waals surface area contributed by atoms with Crippen molar-refractivity contribution in [2.45, 2.75) is 54.4 Å². The Morgan fingerprint density at radius 2 is 1.75 bits per heavy atom. The molecule has 1 rings (SSSR count). The predicted molar refractivity (Wildman–Crippen MR) is 98.1 cm³/mol. The maximum absolute atomic E-state index is 12.6. The summed E-state index contributed by atoms with van der Waals surface area (Å²) < 4.78 is 10.5. The van der Waals surface area contributed by atoms with Gasteiger partial charge in [-0.15, -0.1) is 0 Å². The zero-order valence-electron chi connectivity index (χ0n) is 16.3. The molecule has 0 saturated heterocycles. The van der Waals surface area contributed by atoms with Gasteiger partial charge in [0.05, 0.1) is 14.2 Å². The van der Waals surface area contributed by atoms with Crippen LogP contribution >= 0.6 is 0 Å². The third-order valence-corrected chi connectivity index (χ3v) is 4.38. The Kier molecular flexibility index (Phi) is 6.58. The first-order chi connectivity index (χ1) is 11.1. The van der Waals surface area contributed by atoms with Crippen LogP contribution in [0.1, 0.15) is 54.4 Å². The molecule has 0 saturated carbocycles. The van der Waals surface area contributed by atoms with Crippen molar-refractivity contribution in [2.24, 2.45) is 11.3 Å². The molecular formula is C20H31NO3. The van der Waals surface area contributed by atoms with Gasteiger partial charge in [0.1, 0.15) is 5.71 Å². The highest BCUT2D eigenvalue weighted by atomic mass is 16.5. The average molecular weight is 333 g/mol. The van der Waals surface area contributed by atoms with E-state index in [9.17, 15) is 4.79 Å². The molecule has 0 aromatic carbocycles. The van der Waals surface area contributed by atoms with Gasteiger partial charge >= 0.3 is 0 Å². The van der Waals surface area contributed by atoms with Crippen LogP contribution in [0, 0.1) is 16.7 Å². The van der Waals surface area contributed by atoms with Crippen molar-refractivity contribution >= 4 is 11.5 Å². The molecule has 0 atom stereocenters. The minimum Gasteiger partial charge on any atom is -0.491 e. The van der Waals surface area contributed by atoms with Crippen LogP contribution in [0.2, 0.25) is 0 Å². The summed E-state index contributed by atoms with van der Waals surface area (Å²) in [6.07, 6.45) is 4.05. The largest absolute Gasteiger partial charge is 0.491 e. The molecule has 24 heavy (non-hydrogen) atoms. The predicted octanol–water partition coefficient (Wildman–Crippen LogP) is 4.82. The van der Waals surface area contributed by atoms with Crippen molar-refractivity contribution in [1.29, 1.82) is 5.41 Å². The Hall–Kier alpha value is -1.84. The van der Waals surface area contributed by atoms with E-state index >= 15 is 0 Å². The SMILES string of the molecule is COC1=C(OC)C(=O)C(C)=C(C(C)(C)CC=C(C)CC(C)C)C1=N. The zero-order chi connectivity index (χ0) is 18.7. The summed E-state index contributed by atoms with van der Waals surface area (Å²) in [6.45, 7) is 12.4. The van der Waals surface area contributed by atoms with Crippen LogP contribution in [-0.2, 0) is 14.3 Å². The van der Waals surface area contributed by atoms with Crippen molar-refractivity contribution < 1.29 is 14.3 Å². The van der Waals surface area contributed by atoms with Crippen LogP contribution in [0.15, 0.2) is 34.3 Å². The highest BCUT2D eigenvalue weighted by molar-refractivity contribution is 6.24. The molecule has 4 nitrogen and oxygen atoms in total. The number of hydrogen-bond acceptors (Lipinski definition) is 4. The third kappa shape index (κ3) is 4.16. The summed E-state index contributed by atoms with van der Waals surface area (Å²) in [6, 6.07) is 0. The summed E-state index contributed by atoms with van der Waals surface area (Å²) in [7, 11) is 2.90. The summed E-state index contributed by atoms with van der Waals surface area (Å²) in [5, 5.41) is 8.52. The number of Topliss-reactive ketones (excluding diaryl/α,β-unsaturated/α-hetero) is 1. The molecule has 0 unspecified atom stereocenters. The van der Waals surface area contributed by atoms with E-state index in [1.54, 1.807) is 6.92 Å².